The average molecular weight is 275 g/mol. The van der Waals surface area contributed by atoms with Crippen LogP contribution < -0.4 is 5.32 Å². The van der Waals surface area contributed by atoms with E-state index in [2.05, 4.69) is 35.0 Å². The number of hydrogen-bond donors (Lipinski definition) is 1. The highest BCUT2D eigenvalue weighted by molar-refractivity contribution is 7.99. The van der Waals surface area contributed by atoms with Crippen molar-refractivity contribution in [1.82, 2.24) is 10.2 Å². The molecule has 19 heavy (non-hydrogen) atoms. The zero-order chi connectivity index (χ0) is 13.5. The Balaban J connectivity index is 1.73. The largest absolute Gasteiger partial charge is 0.309 e. The van der Waals surface area contributed by atoms with Crippen LogP contribution in [0.2, 0.25) is 0 Å². The van der Waals surface area contributed by atoms with Crippen LogP contribution in [0.5, 0.6) is 0 Å². The molecule has 1 aliphatic rings. The maximum Gasteiger partial charge on any atom is 0.0991 e. The molecular weight excluding hydrogens is 254 g/mol. The van der Waals surface area contributed by atoms with Crippen molar-refractivity contribution in [3.63, 3.8) is 0 Å². The first-order chi connectivity index (χ1) is 9.29. The standard InChI is InChI=1S/C15H21N3S/c1-13(15-4-2-14(12-16)3-5-15)17-6-7-18-8-10-19-11-9-18/h2-5,13,17H,6-11H2,1H3. The van der Waals surface area contributed by atoms with E-state index in [-0.39, 0.29) is 0 Å². The summed E-state index contributed by atoms with van der Waals surface area (Å²) in [6, 6.07) is 10.3. The highest BCUT2D eigenvalue weighted by atomic mass is 32.2. The number of benzene rings is 1. The smallest absolute Gasteiger partial charge is 0.0991 e. The van der Waals surface area contributed by atoms with Gasteiger partial charge < -0.3 is 10.2 Å². The highest BCUT2D eigenvalue weighted by Crippen LogP contribution is 2.13. The summed E-state index contributed by atoms with van der Waals surface area (Å²) in [5.41, 5.74) is 1.97. The second-order valence-electron chi connectivity index (χ2n) is 4.86. The van der Waals surface area contributed by atoms with Gasteiger partial charge in [0.15, 0.2) is 0 Å². The lowest BCUT2D eigenvalue weighted by Crippen LogP contribution is -2.38. The summed E-state index contributed by atoms with van der Waals surface area (Å²) < 4.78 is 0. The van der Waals surface area contributed by atoms with E-state index in [9.17, 15) is 0 Å². The monoisotopic (exact) mass is 275 g/mol. The fraction of sp³-hybridized carbons (Fsp3) is 0.533. The Bertz CT molecular complexity index is 418. The number of nitrogens with one attached hydrogen (secondary N) is 1. The van der Waals surface area contributed by atoms with E-state index in [4.69, 9.17) is 5.26 Å². The summed E-state index contributed by atoms with van der Waals surface area (Å²) in [7, 11) is 0. The summed E-state index contributed by atoms with van der Waals surface area (Å²) >= 11 is 2.05. The summed E-state index contributed by atoms with van der Waals surface area (Å²) in [5.74, 6) is 2.54. The van der Waals surface area contributed by atoms with Gasteiger partial charge in [0.1, 0.15) is 0 Å². The van der Waals surface area contributed by atoms with Crippen molar-refractivity contribution in [2.45, 2.75) is 13.0 Å². The predicted octanol–water partition coefficient (Wildman–Crippen LogP) is 2.26. The van der Waals surface area contributed by atoms with E-state index in [0.29, 0.717) is 6.04 Å². The summed E-state index contributed by atoms with van der Waals surface area (Å²) in [5, 5.41) is 12.3. The molecule has 4 heteroatoms. The first kappa shape index (κ1) is 14.4. The van der Waals surface area contributed by atoms with E-state index in [1.54, 1.807) is 0 Å². The molecular formula is C15H21N3S. The topological polar surface area (TPSA) is 39.1 Å². The number of hydrogen-bond acceptors (Lipinski definition) is 4. The molecule has 0 saturated carbocycles. The third kappa shape index (κ3) is 4.54. The molecule has 0 aromatic heterocycles. The number of nitriles is 1. The van der Waals surface area contributed by atoms with E-state index < -0.39 is 0 Å². The van der Waals surface area contributed by atoms with Gasteiger partial charge in [0, 0.05) is 43.7 Å². The van der Waals surface area contributed by atoms with E-state index >= 15 is 0 Å². The number of rotatable bonds is 5. The zero-order valence-corrected chi connectivity index (χ0v) is 12.2. The van der Waals surface area contributed by atoms with Crippen molar-refractivity contribution in [2.75, 3.05) is 37.7 Å². The van der Waals surface area contributed by atoms with Crippen LogP contribution >= 0.6 is 11.8 Å². The fourth-order valence-corrected chi connectivity index (χ4v) is 3.21. The van der Waals surface area contributed by atoms with E-state index in [0.717, 1.165) is 18.7 Å². The molecule has 3 nitrogen and oxygen atoms in total. The van der Waals surface area contributed by atoms with E-state index in [1.807, 2.05) is 24.3 Å². The van der Waals surface area contributed by atoms with Crippen LogP contribution in [-0.4, -0.2) is 42.6 Å². The molecule has 0 aliphatic carbocycles. The van der Waals surface area contributed by atoms with Crippen LogP contribution in [0.1, 0.15) is 24.1 Å². The Hall–Kier alpha value is -1.02. The minimum Gasteiger partial charge on any atom is -0.309 e. The van der Waals surface area contributed by atoms with Crippen LogP contribution in [0.3, 0.4) is 0 Å². The third-order valence-corrected chi connectivity index (χ3v) is 4.46. The predicted molar refractivity (Wildman–Crippen MR) is 81.3 cm³/mol. The molecule has 0 amide bonds. The molecule has 1 heterocycles. The fourth-order valence-electron chi connectivity index (χ4n) is 2.23. The molecule has 1 aromatic rings. The number of nitrogens with zero attached hydrogens (tertiary/aromatic N) is 2. The normalized spacial score (nSPS) is 17.9. The molecule has 1 fully saturated rings. The Morgan fingerprint density at radius 2 is 2.00 bits per heavy atom. The Morgan fingerprint density at radius 1 is 1.32 bits per heavy atom. The Kier molecular flexibility index (Phi) is 5.71. The summed E-state index contributed by atoms with van der Waals surface area (Å²) in [6.07, 6.45) is 0. The SMILES string of the molecule is CC(NCCN1CCSCC1)c1ccc(C#N)cc1. The van der Waals surface area contributed by atoms with Gasteiger partial charge in [-0.05, 0) is 24.6 Å². The molecule has 1 aliphatic heterocycles. The number of thioether (sulfide) groups is 1. The summed E-state index contributed by atoms with van der Waals surface area (Å²) in [6.45, 7) is 6.76. The first-order valence-electron chi connectivity index (χ1n) is 6.83. The van der Waals surface area contributed by atoms with Gasteiger partial charge in [0.05, 0.1) is 11.6 Å². The Morgan fingerprint density at radius 3 is 2.63 bits per heavy atom. The van der Waals surface area contributed by atoms with Gasteiger partial charge in [-0.1, -0.05) is 12.1 Å². The van der Waals surface area contributed by atoms with Crippen molar-refractivity contribution in [3.8, 4) is 6.07 Å². The molecule has 1 saturated heterocycles. The van der Waals surface area contributed by atoms with Gasteiger partial charge in [-0.3, -0.25) is 0 Å². The quantitative estimate of drug-likeness (QED) is 0.894. The lowest BCUT2D eigenvalue weighted by Gasteiger charge is -2.26. The zero-order valence-electron chi connectivity index (χ0n) is 11.4. The van der Waals surface area contributed by atoms with Crippen LogP contribution in [0, 0.1) is 11.3 Å². The second-order valence-corrected chi connectivity index (χ2v) is 6.09. The lowest BCUT2D eigenvalue weighted by molar-refractivity contribution is 0.297. The summed E-state index contributed by atoms with van der Waals surface area (Å²) in [4.78, 5) is 2.52. The maximum atomic E-state index is 8.78. The van der Waals surface area contributed by atoms with Gasteiger partial charge in [0.25, 0.3) is 0 Å². The first-order valence-corrected chi connectivity index (χ1v) is 7.98. The molecule has 0 radical (unpaired) electrons. The minimum absolute atomic E-state index is 0.340. The van der Waals surface area contributed by atoms with Gasteiger partial charge in [-0.15, -0.1) is 0 Å². The molecule has 2 rings (SSSR count). The van der Waals surface area contributed by atoms with Gasteiger partial charge in [0.2, 0.25) is 0 Å². The third-order valence-electron chi connectivity index (χ3n) is 3.52. The molecule has 1 atom stereocenters. The van der Waals surface area contributed by atoms with E-state index in [1.165, 1.54) is 30.2 Å². The van der Waals surface area contributed by atoms with Crippen molar-refractivity contribution in [1.29, 1.82) is 5.26 Å². The van der Waals surface area contributed by atoms with Gasteiger partial charge in [-0.25, -0.2) is 0 Å². The highest BCUT2D eigenvalue weighted by Gasteiger charge is 2.10. The average Bonchev–Trinajstić information content (AvgIpc) is 2.48. The van der Waals surface area contributed by atoms with Crippen LogP contribution in [0.4, 0.5) is 0 Å². The molecule has 1 aromatic carbocycles. The molecule has 0 bridgehead atoms. The van der Waals surface area contributed by atoms with Gasteiger partial charge >= 0.3 is 0 Å². The van der Waals surface area contributed by atoms with Crippen molar-refractivity contribution < 1.29 is 0 Å². The van der Waals surface area contributed by atoms with Crippen molar-refractivity contribution in [3.05, 3.63) is 35.4 Å². The minimum atomic E-state index is 0.340. The lowest BCUT2D eigenvalue weighted by atomic mass is 10.1. The molecule has 1 unspecified atom stereocenters. The van der Waals surface area contributed by atoms with Crippen molar-refractivity contribution in [2.24, 2.45) is 0 Å². The van der Waals surface area contributed by atoms with Crippen molar-refractivity contribution >= 4 is 11.8 Å². The van der Waals surface area contributed by atoms with Crippen LogP contribution in [0.25, 0.3) is 0 Å². The maximum absolute atomic E-state index is 8.78. The second kappa shape index (κ2) is 7.54. The van der Waals surface area contributed by atoms with Crippen LogP contribution in [0.15, 0.2) is 24.3 Å². The van der Waals surface area contributed by atoms with Crippen LogP contribution in [-0.2, 0) is 0 Å². The Labute approximate surface area is 120 Å². The molecule has 1 N–H and O–H groups in total. The molecule has 102 valence electrons. The molecule has 0 spiro atoms. The van der Waals surface area contributed by atoms with Gasteiger partial charge in [-0.2, -0.15) is 17.0 Å².